The first kappa shape index (κ1) is 19.1. The largest absolute Gasteiger partial charge is 0.343 e. The molecule has 0 saturated carbocycles. The van der Waals surface area contributed by atoms with Crippen molar-refractivity contribution in [2.24, 2.45) is 0 Å². The number of amides is 3. The van der Waals surface area contributed by atoms with Gasteiger partial charge in [0.1, 0.15) is 6.54 Å². The van der Waals surface area contributed by atoms with Crippen LogP contribution in [0, 0.1) is 0 Å². The maximum absolute atomic E-state index is 12.8. The van der Waals surface area contributed by atoms with Crippen molar-refractivity contribution in [2.45, 2.75) is 19.4 Å². The molecule has 1 atom stereocenters. The molecule has 4 rings (SSSR count). The highest BCUT2D eigenvalue weighted by atomic mass is 32.1. The van der Waals surface area contributed by atoms with Gasteiger partial charge in [-0.3, -0.25) is 19.3 Å². The van der Waals surface area contributed by atoms with E-state index in [1.807, 2.05) is 41.8 Å². The smallest absolute Gasteiger partial charge is 0.262 e. The summed E-state index contributed by atoms with van der Waals surface area (Å²) in [5, 5.41) is 4.95. The van der Waals surface area contributed by atoms with Gasteiger partial charge in [-0.2, -0.15) is 0 Å². The van der Waals surface area contributed by atoms with E-state index >= 15 is 0 Å². The molecule has 1 unspecified atom stereocenters. The monoisotopic (exact) mass is 404 g/mol. The number of nitrogens with one attached hydrogen (secondary N) is 1. The molecule has 0 bridgehead atoms. The van der Waals surface area contributed by atoms with Crippen LogP contribution in [0.2, 0.25) is 0 Å². The second-order valence-corrected chi connectivity index (χ2v) is 7.83. The molecule has 0 spiro atoms. The first-order valence-corrected chi connectivity index (χ1v) is 10.3. The third-order valence-corrected chi connectivity index (χ3v) is 5.97. The van der Waals surface area contributed by atoms with Gasteiger partial charge >= 0.3 is 0 Å². The SMILES string of the molecule is CCc1ccc(C(NC(=O)CN2C(=O)c3ccccc3C2=O)c2cccs2)cc1. The number of rotatable bonds is 6. The standard InChI is InChI=1S/C23H20N2O3S/c1-2-15-9-11-16(12-10-15)21(19-8-5-13-29-19)24-20(26)14-25-22(27)17-6-3-4-7-18(17)23(25)28/h3-13,21H,2,14H2,1H3,(H,24,26). The van der Waals surface area contributed by atoms with E-state index in [2.05, 4.69) is 12.2 Å². The fourth-order valence-electron chi connectivity index (χ4n) is 3.45. The molecule has 0 fully saturated rings. The Hall–Kier alpha value is -3.25. The Kier molecular flexibility index (Phi) is 5.27. The number of hydrogen-bond donors (Lipinski definition) is 1. The van der Waals surface area contributed by atoms with E-state index in [0.717, 1.165) is 21.8 Å². The van der Waals surface area contributed by atoms with Crippen molar-refractivity contribution in [3.63, 3.8) is 0 Å². The minimum absolute atomic E-state index is 0.304. The van der Waals surface area contributed by atoms with Gasteiger partial charge in [-0.05, 0) is 41.1 Å². The summed E-state index contributed by atoms with van der Waals surface area (Å²) in [5.74, 6) is -1.24. The number of imide groups is 1. The van der Waals surface area contributed by atoms with E-state index in [1.165, 1.54) is 5.56 Å². The van der Waals surface area contributed by atoms with Crippen LogP contribution in [0.1, 0.15) is 49.7 Å². The maximum Gasteiger partial charge on any atom is 0.262 e. The molecule has 1 aromatic heterocycles. The molecule has 6 heteroatoms. The second-order valence-electron chi connectivity index (χ2n) is 6.85. The number of thiophene rings is 1. The summed E-state index contributed by atoms with van der Waals surface area (Å²) in [6, 6.07) is 18.3. The zero-order valence-corrected chi connectivity index (χ0v) is 16.7. The summed E-state index contributed by atoms with van der Waals surface area (Å²) in [7, 11) is 0. The van der Waals surface area contributed by atoms with Crippen molar-refractivity contribution >= 4 is 29.1 Å². The van der Waals surface area contributed by atoms with E-state index in [0.29, 0.717) is 11.1 Å². The van der Waals surface area contributed by atoms with Crippen LogP contribution in [0.15, 0.2) is 66.0 Å². The van der Waals surface area contributed by atoms with Crippen molar-refractivity contribution in [3.05, 3.63) is 93.2 Å². The lowest BCUT2D eigenvalue weighted by molar-refractivity contribution is -0.121. The van der Waals surface area contributed by atoms with Crippen LogP contribution in [0.5, 0.6) is 0 Å². The van der Waals surface area contributed by atoms with Crippen LogP contribution >= 0.6 is 11.3 Å². The van der Waals surface area contributed by atoms with Crippen molar-refractivity contribution in [3.8, 4) is 0 Å². The first-order valence-electron chi connectivity index (χ1n) is 9.45. The van der Waals surface area contributed by atoms with E-state index < -0.39 is 11.8 Å². The molecule has 0 radical (unpaired) electrons. The van der Waals surface area contributed by atoms with Crippen LogP contribution < -0.4 is 5.32 Å². The van der Waals surface area contributed by atoms with Gasteiger partial charge in [-0.15, -0.1) is 11.3 Å². The maximum atomic E-state index is 12.8. The predicted molar refractivity (Wildman–Crippen MR) is 112 cm³/mol. The lowest BCUT2D eigenvalue weighted by Crippen LogP contribution is -2.41. The van der Waals surface area contributed by atoms with Gasteiger partial charge in [-0.25, -0.2) is 0 Å². The van der Waals surface area contributed by atoms with Crippen LogP contribution in [-0.2, 0) is 11.2 Å². The zero-order valence-electron chi connectivity index (χ0n) is 15.9. The predicted octanol–water partition coefficient (Wildman–Crippen LogP) is 3.81. The Bertz CT molecular complexity index is 1020. The molecule has 146 valence electrons. The van der Waals surface area contributed by atoms with Gasteiger partial charge in [0.25, 0.3) is 11.8 Å². The molecule has 3 amide bonds. The normalized spacial score (nSPS) is 14.0. The molecule has 5 nitrogen and oxygen atoms in total. The minimum atomic E-state index is -0.430. The van der Waals surface area contributed by atoms with E-state index in [-0.39, 0.29) is 18.5 Å². The fourth-order valence-corrected chi connectivity index (χ4v) is 4.26. The molecular weight excluding hydrogens is 384 g/mol. The van der Waals surface area contributed by atoms with E-state index in [9.17, 15) is 14.4 Å². The molecule has 3 aromatic rings. The third-order valence-electron chi connectivity index (χ3n) is 5.03. The fraction of sp³-hybridized carbons (Fsp3) is 0.174. The highest BCUT2D eigenvalue weighted by Gasteiger charge is 2.36. The Balaban J connectivity index is 1.53. The molecule has 0 saturated heterocycles. The average molecular weight is 404 g/mol. The zero-order chi connectivity index (χ0) is 20.4. The van der Waals surface area contributed by atoms with Crippen molar-refractivity contribution < 1.29 is 14.4 Å². The summed E-state index contributed by atoms with van der Waals surface area (Å²) in [6.07, 6.45) is 0.941. The van der Waals surface area contributed by atoms with Gasteiger partial charge in [-0.1, -0.05) is 49.4 Å². The van der Waals surface area contributed by atoms with Crippen molar-refractivity contribution in [1.82, 2.24) is 10.2 Å². The Morgan fingerprint density at radius 3 is 2.17 bits per heavy atom. The summed E-state index contributed by atoms with van der Waals surface area (Å²) < 4.78 is 0. The Labute approximate surface area is 173 Å². The van der Waals surface area contributed by atoms with Crippen LogP contribution in [0.3, 0.4) is 0 Å². The minimum Gasteiger partial charge on any atom is -0.343 e. The Morgan fingerprint density at radius 2 is 1.62 bits per heavy atom. The van der Waals surface area contributed by atoms with Crippen molar-refractivity contribution in [1.29, 1.82) is 0 Å². The number of benzene rings is 2. The number of hydrogen-bond acceptors (Lipinski definition) is 4. The van der Waals surface area contributed by atoms with Crippen LogP contribution in [0.25, 0.3) is 0 Å². The van der Waals surface area contributed by atoms with Gasteiger partial charge in [0.2, 0.25) is 5.91 Å². The van der Waals surface area contributed by atoms with Crippen molar-refractivity contribution in [2.75, 3.05) is 6.54 Å². The van der Waals surface area contributed by atoms with E-state index in [4.69, 9.17) is 0 Å². The number of fused-ring (bicyclic) bond motifs is 1. The number of carbonyl (C=O) groups excluding carboxylic acids is 3. The molecule has 2 heterocycles. The second kappa shape index (κ2) is 8.01. The summed E-state index contributed by atoms with van der Waals surface area (Å²) in [5.41, 5.74) is 2.86. The summed E-state index contributed by atoms with van der Waals surface area (Å²) >= 11 is 1.55. The van der Waals surface area contributed by atoms with Crippen LogP contribution in [0.4, 0.5) is 0 Å². The first-order chi connectivity index (χ1) is 14.1. The lowest BCUT2D eigenvalue weighted by Gasteiger charge is -2.20. The molecule has 1 N–H and O–H groups in total. The quantitative estimate of drug-likeness (QED) is 0.636. The Morgan fingerprint density at radius 1 is 0.966 bits per heavy atom. The topological polar surface area (TPSA) is 66.5 Å². The average Bonchev–Trinajstić information content (AvgIpc) is 3.36. The molecular formula is C23H20N2O3S. The van der Waals surface area contributed by atoms with Gasteiger partial charge in [0.15, 0.2) is 0 Å². The lowest BCUT2D eigenvalue weighted by atomic mass is 10.0. The van der Waals surface area contributed by atoms with Gasteiger partial charge in [0, 0.05) is 4.88 Å². The highest BCUT2D eigenvalue weighted by molar-refractivity contribution is 7.10. The number of aryl methyl sites for hydroxylation is 1. The van der Waals surface area contributed by atoms with Gasteiger partial charge in [0.05, 0.1) is 17.2 Å². The van der Waals surface area contributed by atoms with E-state index in [1.54, 1.807) is 35.6 Å². The summed E-state index contributed by atoms with van der Waals surface area (Å²) in [4.78, 5) is 39.8. The summed E-state index contributed by atoms with van der Waals surface area (Å²) in [6.45, 7) is 1.79. The number of carbonyl (C=O) groups is 3. The number of nitrogens with zero attached hydrogens (tertiary/aromatic N) is 1. The molecule has 29 heavy (non-hydrogen) atoms. The molecule has 1 aliphatic heterocycles. The molecule has 2 aromatic carbocycles. The third kappa shape index (κ3) is 3.71. The molecule has 0 aliphatic carbocycles. The highest BCUT2D eigenvalue weighted by Crippen LogP contribution is 2.27. The van der Waals surface area contributed by atoms with Gasteiger partial charge < -0.3 is 5.32 Å². The molecule has 1 aliphatic rings. The van der Waals surface area contributed by atoms with Crippen LogP contribution in [-0.4, -0.2) is 29.2 Å².